The molecule has 3 heterocycles. The lowest BCUT2D eigenvalue weighted by atomic mass is 9.97. The number of nitrogens with zero attached hydrogens (tertiary/aromatic N) is 3. The third kappa shape index (κ3) is 6.99. The van der Waals surface area contributed by atoms with Gasteiger partial charge in [0.05, 0.1) is 5.69 Å². The molecule has 1 N–H and O–H groups in total. The minimum absolute atomic E-state index is 0.737. The number of rotatable bonds is 5. The fourth-order valence-electron chi connectivity index (χ4n) is 3.12. The van der Waals surface area contributed by atoms with Crippen molar-refractivity contribution >= 4 is 17.3 Å². The highest BCUT2D eigenvalue weighted by Crippen LogP contribution is 2.24. The van der Waals surface area contributed by atoms with Crippen molar-refractivity contribution in [2.75, 3.05) is 6.54 Å². The van der Waals surface area contributed by atoms with E-state index in [-0.39, 0.29) is 0 Å². The molecule has 1 aliphatic rings. The lowest BCUT2D eigenvalue weighted by Crippen LogP contribution is -2.39. The Bertz CT molecular complexity index is 701. The van der Waals surface area contributed by atoms with Gasteiger partial charge >= 0.3 is 12.1 Å². The highest BCUT2D eigenvalue weighted by Gasteiger charge is 2.38. The number of halogens is 3. The van der Waals surface area contributed by atoms with Crippen LogP contribution < -0.4 is 0 Å². The van der Waals surface area contributed by atoms with Crippen molar-refractivity contribution in [2.24, 2.45) is 7.05 Å². The zero-order valence-electron chi connectivity index (χ0n) is 15.2. The molecule has 1 fully saturated rings. The average molecular weight is 403 g/mol. The summed E-state index contributed by atoms with van der Waals surface area (Å²) >= 11 is 1.89. The van der Waals surface area contributed by atoms with Crippen molar-refractivity contribution in [3.63, 3.8) is 0 Å². The summed E-state index contributed by atoms with van der Waals surface area (Å²) in [4.78, 5) is 13.1. The van der Waals surface area contributed by atoms with Gasteiger partial charge in [0.15, 0.2) is 0 Å². The van der Waals surface area contributed by atoms with Gasteiger partial charge in [-0.25, -0.2) is 4.79 Å². The van der Waals surface area contributed by atoms with Crippen LogP contribution in [-0.4, -0.2) is 44.5 Å². The summed E-state index contributed by atoms with van der Waals surface area (Å²) in [6, 6.07) is 7.30. The Morgan fingerprint density at radius 3 is 2.67 bits per heavy atom. The molecule has 0 bridgehead atoms. The van der Waals surface area contributed by atoms with Crippen LogP contribution in [0.1, 0.15) is 36.3 Å². The van der Waals surface area contributed by atoms with Crippen molar-refractivity contribution in [1.29, 1.82) is 0 Å². The number of aryl methyl sites for hydroxylation is 2. The summed E-state index contributed by atoms with van der Waals surface area (Å²) < 4.78 is 33.7. The number of thiophene rings is 1. The molecular weight excluding hydrogens is 379 g/mol. The van der Waals surface area contributed by atoms with Gasteiger partial charge in [-0.15, -0.1) is 11.3 Å². The molecule has 0 spiro atoms. The maximum atomic E-state index is 10.6. The van der Waals surface area contributed by atoms with Gasteiger partial charge in [-0.05, 0) is 49.7 Å². The number of hydrogen-bond acceptors (Lipinski definition) is 4. The van der Waals surface area contributed by atoms with Crippen LogP contribution in [0.25, 0.3) is 0 Å². The van der Waals surface area contributed by atoms with Crippen LogP contribution in [0.5, 0.6) is 0 Å². The van der Waals surface area contributed by atoms with E-state index in [1.807, 2.05) is 29.3 Å². The van der Waals surface area contributed by atoms with Gasteiger partial charge in [-0.3, -0.25) is 9.58 Å². The molecule has 0 aliphatic carbocycles. The monoisotopic (exact) mass is 403 g/mol. The largest absolute Gasteiger partial charge is 0.490 e. The fourth-order valence-corrected chi connectivity index (χ4v) is 3.85. The summed E-state index contributed by atoms with van der Waals surface area (Å²) in [6.07, 6.45) is 3.41. The molecule has 1 aliphatic heterocycles. The smallest absolute Gasteiger partial charge is 0.475 e. The van der Waals surface area contributed by atoms with Crippen molar-refractivity contribution < 1.29 is 23.1 Å². The molecule has 2 aromatic heterocycles. The molecular formula is C18H24F3N3O2S. The second-order valence-corrected chi connectivity index (χ2v) is 7.52. The lowest BCUT2D eigenvalue weighted by molar-refractivity contribution is -0.192. The van der Waals surface area contributed by atoms with Crippen molar-refractivity contribution in [1.82, 2.24) is 14.7 Å². The van der Waals surface area contributed by atoms with Gasteiger partial charge in [0.25, 0.3) is 0 Å². The predicted octanol–water partition coefficient (Wildman–Crippen LogP) is 4.10. The number of carboxylic acids is 1. The van der Waals surface area contributed by atoms with E-state index in [1.54, 1.807) is 0 Å². The summed E-state index contributed by atoms with van der Waals surface area (Å²) in [5, 5.41) is 13.6. The minimum Gasteiger partial charge on any atom is -0.475 e. The van der Waals surface area contributed by atoms with Gasteiger partial charge < -0.3 is 5.11 Å². The van der Waals surface area contributed by atoms with E-state index in [0.29, 0.717) is 0 Å². The third-order valence-electron chi connectivity index (χ3n) is 4.58. The van der Waals surface area contributed by atoms with Crippen molar-refractivity contribution in [2.45, 2.75) is 50.9 Å². The Labute approximate surface area is 160 Å². The number of likely N-dealkylation sites (tertiary alicyclic amines) is 1. The summed E-state index contributed by atoms with van der Waals surface area (Å²) in [6.45, 7) is 2.28. The zero-order valence-corrected chi connectivity index (χ0v) is 16.0. The lowest BCUT2D eigenvalue weighted by Gasteiger charge is -2.35. The van der Waals surface area contributed by atoms with E-state index in [0.717, 1.165) is 12.6 Å². The van der Waals surface area contributed by atoms with Gasteiger partial charge in [0, 0.05) is 30.7 Å². The van der Waals surface area contributed by atoms with E-state index in [4.69, 9.17) is 9.90 Å². The van der Waals surface area contributed by atoms with Gasteiger partial charge in [-0.1, -0.05) is 12.5 Å². The molecule has 150 valence electrons. The standard InChI is InChI=1S/C16H23N3S.C2HF3O2/c1-18-15(9-10-17-18)13-19-11-3-2-5-14(19)7-8-16-6-4-12-20-16;3-2(4,5)1(6)7/h4,6,9-10,12,14H,2-3,5,7-8,11,13H2,1H3;(H,6,7). The fraction of sp³-hybridized carbons (Fsp3) is 0.556. The number of carbonyl (C=O) groups is 1. The summed E-state index contributed by atoms with van der Waals surface area (Å²) in [7, 11) is 2.04. The first-order valence-electron chi connectivity index (χ1n) is 8.81. The Morgan fingerprint density at radius 2 is 2.11 bits per heavy atom. The van der Waals surface area contributed by atoms with Crippen LogP contribution in [0.4, 0.5) is 13.2 Å². The molecule has 5 nitrogen and oxygen atoms in total. The molecule has 0 amide bonds. The zero-order chi connectivity index (χ0) is 19.9. The van der Waals surface area contributed by atoms with E-state index in [1.165, 1.54) is 49.2 Å². The number of aliphatic carboxylic acids is 1. The van der Waals surface area contributed by atoms with E-state index >= 15 is 0 Å². The van der Waals surface area contributed by atoms with Gasteiger partial charge in [0.1, 0.15) is 0 Å². The number of piperidine rings is 1. The maximum absolute atomic E-state index is 10.6. The highest BCUT2D eigenvalue weighted by molar-refractivity contribution is 7.09. The van der Waals surface area contributed by atoms with Gasteiger partial charge in [-0.2, -0.15) is 18.3 Å². The quantitative estimate of drug-likeness (QED) is 0.817. The van der Waals surface area contributed by atoms with E-state index in [9.17, 15) is 13.2 Å². The first-order chi connectivity index (χ1) is 12.8. The van der Waals surface area contributed by atoms with Crippen LogP contribution in [0, 0.1) is 0 Å². The highest BCUT2D eigenvalue weighted by atomic mass is 32.1. The molecule has 1 saturated heterocycles. The number of hydrogen-bond donors (Lipinski definition) is 1. The Kier molecular flexibility index (Phi) is 7.85. The van der Waals surface area contributed by atoms with Crippen LogP contribution >= 0.6 is 11.3 Å². The molecule has 1 atom stereocenters. The van der Waals surface area contributed by atoms with Crippen LogP contribution in [-0.2, 0) is 24.8 Å². The Morgan fingerprint density at radius 1 is 1.37 bits per heavy atom. The second-order valence-electron chi connectivity index (χ2n) is 6.49. The summed E-state index contributed by atoms with van der Waals surface area (Å²) in [5.74, 6) is -2.76. The molecule has 9 heteroatoms. The normalized spacial score (nSPS) is 18.0. The van der Waals surface area contributed by atoms with E-state index < -0.39 is 12.1 Å². The van der Waals surface area contributed by atoms with Crippen LogP contribution in [0.15, 0.2) is 29.8 Å². The number of alkyl halides is 3. The van der Waals surface area contributed by atoms with Crippen LogP contribution in [0.3, 0.4) is 0 Å². The number of aromatic nitrogens is 2. The minimum atomic E-state index is -5.08. The second kappa shape index (κ2) is 9.89. The average Bonchev–Trinajstić information content (AvgIpc) is 3.26. The Balaban J connectivity index is 0.000000321. The third-order valence-corrected chi connectivity index (χ3v) is 5.52. The number of carboxylic acid groups (broad SMARTS) is 1. The van der Waals surface area contributed by atoms with E-state index in [2.05, 4.69) is 33.6 Å². The first kappa shape index (κ1) is 21.4. The predicted molar refractivity (Wildman–Crippen MR) is 97.6 cm³/mol. The van der Waals surface area contributed by atoms with Gasteiger partial charge in [0.2, 0.25) is 0 Å². The van der Waals surface area contributed by atoms with Crippen molar-refractivity contribution in [3.05, 3.63) is 40.3 Å². The Hall–Kier alpha value is -1.87. The molecule has 2 aromatic rings. The van der Waals surface area contributed by atoms with Crippen LogP contribution in [0.2, 0.25) is 0 Å². The molecule has 0 saturated carbocycles. The first-order valence-corrected chi connectivity index (χ1v) is 9.68. The topological polar surface area (TPSA) is 58.4 Å². The molecule has 0 aromatic carbocycles. The molecule has 0 radical (unpaired) electrons. The molecule has 3 rings (SSSR count). The molecule has 27 heavy (non-hydrogen) atoms. The summed E-state index contributed by atoms with van der Waals surface area (Å²) in [5.41, 5.74) is 1.33. The molecule has 1 unspecified atom stereocenters. The van der Waals surface area contributed by atoms with Crippen molar-refractivity contribution in [3.8, 4) is 0 Å². The maximum Gasteiger partial charge on any atom is 0.490 e. The SMILES string of the molecule is Cn1nccc1CN1CCCCC1CCc1cccs1.O=C(O)C(F)(F)F.